The predicted molar refractivity (Wildman–Crippen MR) is 76.9 cm³/mol. The van der Waals surface area contributed by atoms with Gasteiger partial charge < -0.3 is 9.84 Å². The van der Waals surface area contributed by atoms with Crippen LogP contribution in [-0.4, -0.2) is 43.6 Å². The molecule has 8 nitrogen and oxygen atoms in total. The number of aliphatic carboxylic acids is 1. The molecule has 1 rings (SSSR count). The molecule has 1 aromatic heterocycles. The highest BCUT2D eigenvalue weighted by Gasteiger charge is 2.29. The summed E-state index contributed by atoms with van der Waals surface area (Å²) in [7, 11) is -2.96. The number of aromatic nitrogens is 1. The normalized spacial score (nSPS) is 13.0. The molecule has 0 fully saturated rings. The van der Waals surface area contributed by atoms with Gasteiger partial charge in [-0.25, -0.2) is 13.2 Å². The van der Waals surface area contributed by atoms with Crippen LogP contribution in [0.15, 0.2) is 17.2 Å². The number of ether oxygens (including phenoxy) is 1. The van der Waals surface area contributed by atoms with Gasteiger partial charge in [0.1, 0.15) is 10.9 Å². The minimum Gasteiger partial charge on any atom is -0.480 e. The Kier molecular flexibility index (Phi) is 5.61. The second-order valence-electron chi connectivity index (χ2n) is 4.98. The molecule has 0 aliphatic heterocycles. The van der Waals surface area contributed by atoms with Crippen LogP contribution in [0.1, 0.15) is 29.9 Å². The number of esters is 1. The quantitative estimate of drug-likeness (QED) is 0.731. The lowest BCUT2D eigenvalue weighted by Crippen LogP contribution is -2.44. The Morgan fingerprint density at radius 1 is 1.36 bits per heavy atom. The molecule has 0 aliphatic carbocycles. The minimum atomic E-state index is -4.13. The number of carbonyl (C=O) groups excluding carboxylic acids is 1. The maximum atomic E-state index is 12.3. The summed E-state index contributed by atoms with van der Waals surface area (Å²) in [5.41, 5.74) is 0.311. The number of aryl methyl sites for hydroxylation is 1. The van der Waals surface area contributed by atoms with Crippen molar-refractivity contribution in [1.29, 1.82) is 0 Å². The number of carboxylic acids is 1. The summed E-state index contributed by atoms with van der Waals surface area (Å²) in [6, 6.07) is -0.177. The minimum absolute atomic E-state index is 0.00166. The third kappa shape index (κ3) is 4.01. The van der Waals surface area contributed by atoms with Crippen molar-refractivity contribution in [2.45, 2.75) is 31.7 Å². The summed E-state index contributed by atoms with van der Waals surface area (Å²) in [4.78, 5) is 26.2. The van der Waals surface area contributed by atoms with Crippen LogP contribution in [0, 0.1) is 12.8 Å². The van der Waals surface area contributed by atoms with Crippen molar-refractivity contribution >= 4 is 22.0 Å². The van der Waals surface area contributed by atoms with Crippen molar-refractivity contribution in [1.82, 2.24) is 9.71 Å². The van der Waals surface area contributed by atoms with Crippen LogP contribution < -0.4 is 4.72 Å². The second kappa shape index (κ2) is 6.84. The second-order valence-corrected chi connectivity index (χ2v) is 6.69. The average molecular weight is 330 g/mol. The van der Waals surface area contributed by atoms with Crippen LogP contribution in [0.2, 0.25) is 0 Å². The van der Waals surface area contributed by atoms with Crippen molar-refractivity contribution in [3.05, 3.63) is 23.5 Å². The van der Waals surface area contributed by atoms with Crippen molar-refractivity contribution in [2.75, 3.05) is 7.11 Å². The highest BCUT2D eigenvalue weighted by Crippen LogP contribution is 2.16. The number of hydrogen-bond acceptors (Lipinski definition) is 6. The number of carboxylic acid groups (broad SMARTS) is 1. The van der Waals surface area contributed by atoms with Gasteiger partial charge in [-0.05, 0) is 18.9 Å². The molecule has 122 valence electrons. The van der Waals surface area contributed by atoms with Crippen LogP contribution in [0.4, 0.5) is 0 Å². The Balaban J connectivity index is 3.23. The third-order valence-electron chi connectivity index (χ3n) is 2.99. The molecule has 1 atom stereocenters. The van der Waals surface area contributed by atoms with Crippen molar-refractivity contribution in [3.63, 3.8) is 0 Å². The van der Waals surface area contributed by atoms with Gasteiger partial charge in [-0.2, -0.15) is 4.72 Å². The van der Waals surface area contributed by atoms with Crippen molar-refractivity contribution in [2.24, 2.45) is 5.92 Å². The average Bonchev–Trinajstić information content (AvgIpc) is 2.43. The Hall–Kier alpha value is -2.00. The number of methoxy groups -OCH3 is 1. The van der Waals surface area contributed by atoms with Gasteiger partial charge >= 0.3 is 11.9 Å². The third-order valence-corrected chi connectivity index (χ3v) is 4.40. The number of sulfonamides is 1. The molecule has 0 amide bonds. The van der Waals surface area contributed by atoms with Gasteiger partial charge in [0.25, 0.3) is 0 Å². The van der Waals surface area contributed by atoms with Gasteiger partial charge in [0.15, 0.2) is 0 Å². The zero-order valence-electron chi connectivity index (χ0n) is 12.7. The molecule has 1 aromatic rings. The van der Waals surface area contributed by atoms with Crippen LogP contribution in [0.5, 0.6) is 0 Å². The molecule has 0 unspecified atom stereocenters. The Morgan fingerprint density at radius 2 is 1.95 bits per heavy atom. The topological polar surface area (TPSA) is 123 Å². The van der Waals surface area contributed by atoms with E-state index in [4.69, 9.17) is 5.11 Å². The van der Waals surface area contributed by atoms with E-state index in [9.17, 15) is 18.0 Å². The number of pyridine rings is 1. The van der Waals surface area contributed by atoms with E-state index in [-0.39, 0.29) is 10.5 Å². The summed E-state index contributed by atoms with van der Waals surface area (Å²) in [5.74, 6) is -2.46. The lowest BCUT2D eigenvalue weighted by Gasteiger charge is -2.18. The zero-order chi connectivity index (χ0) is 17.1. The summed E-state index contributed by atoms with van der Waals surface area (Å²) < 4.78 is 31.2. The molecule has 9 heteroatoms. The molecule has 0 saturated heterocycles. The monoisotopic (exact) mass is 330 g/mol. The van der Waals surface area contributed by atoms with Crippen LogP contribution in [0.3, 0.4) is 0 Å². The molecule has 0 aromatic carbocycles. The summed E-state index contributed by atoms with van der Waals surface area (Å²) in [5, 5.41) is 9.06. The van der Waals surface area contributed by atoms with E-state index in [1.165, 1.54) is 14.0 Å². The first-order valence-electron chi connectivity index (χ1n) is 6.40. The molecular formula is C13H18N2O6S. The SMILES string of the molecule is COC(=O)c1cc(S(=O)(=O)N[C@H](C(=O)O)C(C)C)cnc1C. The molecule has 0 spiro atoms. The zero-order valence-corrected chi connectivity index (χ0v) is 13.5. The first kappa shape index (κ1) is 18.1. The molecule has 0 aliphatic rings. The number of carbonyl (C=O) groups is 2. The van der Waals surface area contributed by atoms with E-state index in [1.807, 2.05) is 0 Å². The fraction of sp³-hybridized carbons (Fsp3) is 0.462. The first-order valence-corrected chi connectivity index (χ1v) is 7.88. The standard InChI is InChI=1S/C13H18N2O6S/c1-7(2)11(12(16)17)15-22(19,20)9-5-10(13(18)21-4)8(3)14-6-9/h5-7,11,15H,1-4H3,(H,16,17)/t11-/m0/s1. The van der Waals surface area contributed by atoms with E-state index in [2.05, 4.69) is 14.4 Å². The van der Waals surface area contributed by atoms with Gasteiger partial charge in [-0.3, -0.25) is 9.78 Å². The number of nitrogens with one attached hydrogen (secondary N) is 1. The number of rotatable bonds is 6. The molecule has 22 heavy (non-hydrogen) atoms. The van der Waals surface area contributed by atoms with Crippen LogP contribution in [-0.2, 0) is 19.6 Å². The van der Waals surface area contributed by atoms with E-state index < -0.39 is 33.9 Å². The van der Waals surface area contributed by atoms with E-state index in [0.717, 1.165) is 12.3 Å². The predicted octanol–water partition coefficient (Wildman–Crippen LogP) is 0.564. The van der Waals surface area contributed by atoms with Gasteiger partial charge in [0, 0.05) is 6.20 Å². The summed E-state index contributed by atoms with van der Waals surface area (Å²) in [6.07, 6.45) is 1.06. The molecule has 0 bridgehead atoms. The van der Waals surface area contributed by atoms with Gasteiger partial charge in [-0.15, -0.1) is 0 Å². The van der Waals surface area contributed by atoms with E-state index in [0.29, 0.717) is 5.69 Å². The fourth-order valence-corrected chi connectivity index (χ4v) is 2.99. The van der Waals surface area contributed by atoms with Crippen molar-refractivity contribution in [3.8, 4) is 0 Å². The maximum absolute atomic E-state index is 12.3. The van der Waals surface area contributed by atoms with Crippen LogP contribution in [0.25, 0.3) is 0 Å². The first-order chi connectivity index (χ1) is 10.1. The lowest BCUT2D eigenvalue weighted by atomic mass is 10.1. The molecular weight excluding hydrogens is 312 g/mol. The number of hydrogen-bond donors (Lipinski definition) is 2. The Morgan fingerprint density at radius 3 is 2.41 bits per heavy atom. The molecule has 1 heterocycles. The Labute approximate surface area is 128 Å². The van der Waals surface area contributed by atoms with E-state index in [1.54, 1.807) is 13.8 Å². The molecule has 0 saturated carbocycles. The van der Waals surface area contributed by atoms with Gasteiger partial charge in [0.2, 0.25) is 10.0 Å². The van der Waals surface area contributed by atoms with Crippen molar-refractivity contribution < 1.29 is 27.9 Å². The largest absolute Gasteiger partial charge is 0.480 e. The highest BCUT2D eigenvalue weighted by atomic mass is 32.2. The summed E-state index contributed by atoms with van der Waals surface area (Å²) in [6.45, 7) is 4.69. The van der Waals surface area contributed by atoms with Gasteiger partial charge in [-0.1, -0.05) is 13.8 Å². The number of nitrogens with zero attached hydrogens (tertiary/aromatic N) is 1. The maximum Gasteiger partial charge on any atom is 0.339 e. The smallest absolute Gasteiger partial charge is 0.339 e. The highest BCUT2D eigenvalue weighted by molar-refractivity contribution is 7.89. The molecule has 0 radical (unpaired) electrons. The van der Waals surface area contributed by atoms with Gasteiger partial charge in [0.05, 0.1) is 18.4 Å². The molecule has 2 N–H and O–H groups in total. The summed E-state index contributed by atoms with van der Waals surface area (Å²) >= 11 is 0. The van der Waals surface area contributed by atoms with E-state index >= 15 is 0 Å². The fourth-order valence-electron chi connectivity index (χ4n) is 1.68. The van der Waals surface area contributed by atoms with Crippen LogP contribution >= 0.6 is 0 Å². The Bertz CT molecular complexity index is 684. The lowest BCUT2D eigenvalue weighted by molar-refractivity contribution is -0.140.